The van der Waals surface area contributed by atoms with E-state index >= 15 is 0 Å². The summed E-state index contributed by atoms with van der Waals surface area (Å²) in [6.07, 6.45) is 3.27. The molecule has 126 valence electrons. The van der Waals surface area contributed by atoms with E-state index in [0.717, 1.165) is 45.4 Å². The van der Waals surface area contributed by atoms with Gasteiger partial charge in [-0.25, -0.2) is 0 Å². The van der Waals surface area contributed by atoms with Gasteiger partial charge >= 0.3 is 0 Å². The van der Waals surface area contributed by atoms with E-state index in [1.165, 1.54) is 11.3 Å². The standard InChI is InChI=1S/C18H27N3O2/c1-23-13-16(19)18(22)20-9-6-14(7-10-20)12-21-11-8-15-4-2-3-5-17(15)21/h2-5,14,16H,6-13,19H2,1H3. The second kappa shape index (κ2) is 7.32. The van der Waals surface area contributed by atoms with Crippen LogP contribution < -0.4 is 10.6 Å². The number of methoxy groups -OCH3 is 1. The molecule has 0 spiro atoms. The molecule has 0 bridgehead atoms. The Hall–Kier alpha value is -1.59. The third-order valence-electron chi connectivity index (χ3n) is 5.05. The van der Waals surface area contributed by atoms with Crippen LogP contribution in [0.4, 0.5) is 5.69 Å². The molecule has 0 aliphatic carbocycles. The minimum absolute atomic E-state index is 0.0248. The van der Waals surface area contributed by atoms with E-state index in [0.29, 0.717) is 12.5 Å². The third kappa shape index (κ3) is 3.67. The number of rotatable bonds is 5. The first kappa shape index (κ1) is 16.3. The first-order chi connectivity index (χ1) is 11.2. The second-order valence-electron chi connectivity index (χ2n) is 6.66. The summed E-state index contributed by atoms with van der Waals surface area (Å²) in [6.45, 7) is 4.15. The monoisotopic (exact) mass is 317 g/mol. The Labute approximate surface area is 138 Å². The maximum Gasteiger partial charge on any atom is 0.241 e. The number of anilines is 1. The lowest BCUT2D eigenvalue weighted by Gasteiger charge is -2.35. The maximum atomic E-state index is 12.2. The summed E-state index contributed by atoms with van der Waals surface area (Å²) in [6, 6.07) is 8.17. The number of nitrogens with zero attached hydrogens (tertiary/aromatic N) is 2. The smallest absolute Gasteiger partial charge is 0.241 e. The summed E-state index contributed by atoms with van der Waals surface area (Å²) in [5, 5.41) is 0. The molecule has 23 heavy (non-hydrogen) atoms. The highest BCUT2D eigenvalue weighted by atomic mass is 16.5. The largest absolute Gasteiger partial charge is 0.383 e. The molecule has 1 atom stereocenters. The van der Waals surface area contributed by atoms with Gasteiger partial charge in [-0.05, 0) is 36.8 Å². The molecule has 0 aromatic heterocycles. The lowest BCUT2D eigenvalue weighted by Crippen LogP contribution is -2.49. The van der Waals surface area contributed by atoms with Gasteiger partial charge in [-0.1, -0.05) is 18.2 Å². The van der Waals surface area contributed by atoms with Gasteiger partial charge in [0.1, 0.15) is 6.04 Å². The van der Waals surface area contributed by atoms with Crippen LogP contribution in [0, 0.1) is 5.92 Å². The summed E-state index contributed by atoms with van der Waals surface area (Å²) in [7, 11) is 1.58. The predicted octanol–water partition coefficient (Wildman–Crippen LogP) is 1.26. The lowest BCUT2D eigenvalue weighted by molar-refractivity contribution is -0.135. The number of carbonyl (C=O) groups is 1. The van der Waals surface area contributed by atoms with E-state index in [4.69, 9.17) is 10.5 Å². The van der Waals surface area contributed by atoms with Crippen LogP contribution in [0.1, 0.15) is 18.4 Å². The Bertz CT molecular complexity index is 541. The van der Waals surface area contributed by atoms with Gasteiger partial charge in [0.15, 0.2) is 0 Å². The Morgan fingerprint density at radius 3 is 2.78 bits per heavy atom. The van der Waals surface area contributed by atoms with Crippen molar-refractivity contribution in [1.82, 2.24) is 4.90 Å². The third-order valence-corrected chi connectivity index (χ3v) is 5.05. The highest BCUT2D eigenvalue weighted by Gasteiger charge is 2.28. The van der Waals surface area contributed by atoms with Gasteiger partial charge in [0.25, 0.3) is 0 Å². The molecule has 5 nitrogen and oxygen atoms in total. The van der Waals surface area contributed by atoms with Crippen molar-refractivity contribution in [2.45, 2.75) is 25.3 Å². The van der Waals surface area contributed by atoms with Gasteiger partial charge in [-0.3, -0.25) is 4.79 Å². The highest BCUT2D eigenvalue weighted by molar-refractivity contribution is 5.81. The molecule has 1 saturated heterocycles. The van der Waals surface area contributed by atoms with Crippen LogP contribution in [0.5, 0.6) is 0 Å². The van der Waals surface area contributed by atoms with Crippen LogP contribution in [-0.2, 0) is 16.0 Å². The molecule has 2 aliphatic rings. The number of hydrogen-bond donors (Lipinski definition) is 1. The number of amides is 1. The first-order valence-electron chi connectivity index (χ1n) is 8.55. The van der Waals surface area contributed by atoms with E-state index in [1.54, 1.807) is 7.11 Å². The van der Waals surface area contributed by atoms with Gasteiger partial charge in [0.2, 0.25) is 5.91 Å². The number of para-hydroxylation sites is 1. The summed E-state index contributed by atoms with van der Waals surface area (Å²) in [5.74, 6) is 0.681. The minimum atomic E-state index is -0.526. The molecule has 0 saturated carbocycles. The zero-order valence-electron chi connectivity index (χ0n) is 13.9. The molecule has 1 aromatic carbocycles. The van der Waals surface area contributed by atoms with Gasteiger partial charge in [0, 0.05) is 39.0 Å². The number of hydrogen-bond acceptors (Lipinski definition) is 4. The van der Waals surface area contributed by atoms with Crippen LogP contribution in [0.2, 0.25) is 0 Å². The molecule has 1 unspecified atom stereocenters. The van der Waals surface area contributed by atoms with Crippen LogP contribution in [0.15, 0.2) is 24.3 Å². The topological polar surface area (TPSA) is 58.8 Å². The van der Waals surface area contributed by atoms with Crippen molar-refractivity contribution < 1.29 is 9.53 Å². The van der Waals surface area contributed by atoms with Crippen LogP contribution in [-0.4, -0.2) is 56.7 Å². The lowest BCUT2D eigenvalue weighted by atomic mass is 9.95. The highest BCUT2D eigenvalue weighted by Crippen LogP contribution is 2.30. The van der Waals surface area contributed by atoms with Crippen molar-refractivity contribution in [2.24, 2.45) is 11.7 Å². The summed E-state index contributed by atoms with van der Waals surface area (Å²) >= 11 is 0. The molecule has 0 radical (unpaired) electrons. The van der Waals surface area contributed by atoms with E-state index in [2.05, 4.69) is 29.2 Å². The number of fused-ring (bicyclic) bond motifs is 1. The molecule has 3 rings (SSSR count). The number of benzene rings is 1. The van der Waals surface area contributed by atoms with Crippen LogP contribution in [0.3, 0.4) is 0 Å². The van der Waals surface area contributed by atoms with Gasteiger partial charge in [-0.2, -0.15) is 0 Å². The van der Waals surface area contributed by atoms with E-state index in [-0.39, 0.29) is 5.91 Å². The Morgan fingerprint density at radius 2 is 2.04 bits per heavy atom. The van der Waals surface area contributed by atoms with E-state index in [9.17, 15) is 4.79 Å². The normalized spacial score (nSPS) is 19.7. The Balaban J connectivity index is 1.50. The average Bonchev–Trinajstić information content (AvgIpc) is 2.98. The van der Waals surface area contributed by atoms with E-state index in [1.807, 2.05) is 4.90 Å². The Morgan fingerprint density at radius 1 is 1.30 bits per heavy atom. The van der Waals surface area contributed by atoms with Gasteiger partial charge < -0.3 is 20.3 Å². The SMILES string of the molecule is COCC(N)C(=O)N1CCC(CN2CCc3ccccc32)CC1. The summed E-state index contributed by atoms with van der Waals surface area (Å²) in [4.78, 5) is 16.6. The zero-order valence-corrected chi connectivity index (χ0v) is 13.9. The molecule has 1 aromatic rings. The number of ether oxygens (including phenoxy) is 1. The number of likely N-dealkylation sites (tertiary alicyclic amines) is 1. The number of piperidine rings is 1. The number of nitrogens with two attached hydrogens (primary N) is 1. The van der Waals surface area contributed by atoms with Crippen LogP contribution in [0.25, 0.3) is 0 Å². The quantitative estimate of drug-likeness (QED) is 0.888. The fourth-order valence-corrected chi connectivity index (χ4v) is 3.73. The van der Waals surface area contributed by atoms with Gasteiger partial charge in [0.05, 0.1) is 6.61 Å². The van der Waals surface area contributed by atoms with Crippen molar-refractivity contribution >= 4 is 11.6 Å². The molecule has 1 fully saturated rings. The van der Waals surface area contributed by atoms with Crippen molar-refractivity contribution in [3.05, 3.63) is 29.8 Å². The average molecular weight is 317 g/mol. The number of carbonyl (C=O) groups excluding carboxylic acids is 1. The molecule has 2 aliphatic heterocycles. The molecular formula is C18H27N3O2. The van der Waals surface area contributed by atoms with Crippen molar-refractivity contribution in [3.63, 3.8) is 0 Å². The Kier molecular flexibility index (Phi) is 5.18. The fraction of sp³-hybridized carbons (Fsp3) is 0.611. The summed E-state index contributed by atoms with van der Waals surface area (Å²) in [5.41, 5.74) is 8.71. The zero-order chi connectivity index (χ0) is 16.2. The molecular weight excluding hydrogens is 290 g/mol. The molecule has 5 heteroatoms. The predicted molar refractivity (Wildman–Crippen MR) is 91.5 cm³/mol. The second-order valence-corrected chi connectivity index (χ2v) is 6.66. The van der Waals surface area contributed by atoms with Crippen molar-refractivity contribution in [3.8, 4) is 0 Å². The van der Waals surface area contributed by atoms with Crippen molar-refractivity contribution in [2.75, 3.05) is 44.8 Å². The fourth-order valence-electron chi connectivity index (χ4n) is 3.73. The molecule has 2 N–H and O–H groups in total. The van der Waals surface area contributed by atoms with Crippen LogP contribution >= 0.6 is 0 Å². The summed E-state index contributed by atoms with van der Waals surface area (Å²) < 4.78 is 4.98. The maximum absolute atomic E-state index is 12.2. The van der Waals surface area contributed by atoms with Gasteiger partial charge in [-0.15, -0.1) is 0 Å². The first-order valence-corrected chi connectivity index (χ1v) is 8.55. The van der Waals surface area contributed by atoms with Crippen molar-refractivity contribution in [1.29, 1.82) is 0 Å². The minimum Gasteiger partial charge on any atom is -0.383 e. The van der Waals surface area contributed by atoms with E-state index < -0.39 is 6.04 Å². The molecule has 2 heterocycles. The molecule has 1 amide bonds.